The number of benzene rings is 1. The zero-order chi connectivity index (χ0) is 11.8. The summed E-state index contributed by atoms with van der Waals surface area (Å²) in [6.07, 6.45) is 3.60. The van der Waals surface area contributed by atoms with Crippen LogP contribution < -0.4 is 0 Å². The molecule has 88 valence electrons. The molecular formula is C14H19FO. The highest BCUT2D eigenvalue weighted by Gasteiger charge is 2.40. The van der Waals surface area contributed by atoms with Gasteiger partial charge in [0.05, 0.1) is 5.60 Å². The Bertz CT molecular complexity index is 388. The van der Waals surface area contributed by atoms with Crippen LogP contribution in [0.25, 0.3) is 0 Å². The molecule has 0 fully saturated rings. The molecule has 2 heteroatoms. The quantitative estimate of drug-likeness (QED) is 0.831. The summed E-state index contributed by atoms with van der Waals surface area (Å²) in [5.74, 6) is 0.0374. The SMILES string of the molecule is CCCC(C)C1(O)CCc2cc(F)ccc21. The van der Waals surface area contributed by atoms with Gasteiger partial charge in [0, 0.05) is 0 Å². The van der Waals surface area contributed by atoms with Gasteiger partial charge in [0.1, 0.15) is 5.82 Å². The molecule has 0 bridgehead atoms. The van der Waals surface area contributed by atoms with Crippen molar-refractivity contribution in [3.05, 3.63) is 35.1 Å². The van der Waals surface area contributed by atoms with E-state index in [1.54, 1.807) is 12.1 Å². The Hall–Kier alpha value is -0.890. The monoisotopic (exact) mass is 222 g/mol. The van der Waals surface area contributed by atoms with Crippen molar-refractivity contribution in [1.82, 2.24) is 0 Å². The summed E-state index contributed by atoms with van der Waals surface area (Å²) in [6.45, 7) is 4.21. The number of aliphatic hydroxyl groups is 1. The van der Waals surface area contributed by atoms with Crippen molar-refractivity contribution in [3.63, 3.8) is 0 Å². The number of aryl methyl sites for hydroxylation is 1. The van der Waals surface area contributed by atoms with Gasteiger partial charge in [-0.3, -0.25) is 0 Å². The van der Waals surface area contributed by atoms with E-state index < -0.39 is 5.60 Å². The predicted octanol–water partition coefficient (Wildman–Crippen LogP) is 3.40. The minimum Gasteiger partial charge on any atom is -0.385 e. The van der Waals surface area contributed by atoms with Crippen LogP contribution in [0.1, 0.15) is 44.2 Å². The van der Waals surface area contributed by atoms with Gasteiger partial charge in [0.15, 0.2) is 0 Å². The lowest BCUT2D eigenvalue weighted by atomic mass is 9.81. The van der Waals surface area contributed by atoms with Crippen LogP contribution in [0.3, 0.4) is 0 Å². The molecule has 2 unspecified atom stereocenters. The van der Waals surface area contributed by atoms with Crippen LogP contribution in [0, 0.1) is 11.7 Å². The first-order valence-electron chi connectivity index (χ1n) is 6.09. The van der Waals surface area contributed by atoms with Crippen molar-refractivity contribution < 1.29 is 9.50 Å². The minimum atomic E-state index is -0.737. The van der Waals surface area contributed by atoms with Gasteiger partial charge in [0.25, 0.3) is 0 Å². The second kappa shape index (κ2) is 4.17. The zero-order valence-corrected chi connectivity index (χ0v) is 9.96. The summed E-state index contributed by atoms with van der Waals surface area (Å²) < 4.78 is 13.1. The Morgan fingerprint density at radius 3 is 2.94 bits per heavy atom. The first-order valence-corrected chi connectivity index (χ1v) is 6.09. The Morgan fingerprint density at radius 1 is 1.50 bits per heavy atom. The highest BCUT2D eigenvalue weighted by atomic mass is 19.1. The molecule has 1 aliphatic rings. The third kappa shape index (κ3) is 1.75. The lowest BCUT2D eigenvalue weighted by Crippen LogP contribution is -2.30. The first kappa shape index (κ1) is 11.6. The highest BCUT2D eigenvalue weighted by Crippen LogP contribution is 2.43. The maximum atomic E-state index is 13.1. The van der Waals surface area contributed by atoms with Gasteiger partial charge in [-0.1, -0.05) is 26.3 Å². The van der Waals surface area contributed by atoms with Gasteiger partial charge in [0.2, 0.25) is 0 Å². The summed E-state index contributed by atoms with van der Waals surface area (Å²) in [7, 11) is 0. The van der Waals surface area contributed by atoms with E-state index in [0.717, 1.165) is 36.8 Å². The fourth-order valence-electron chi connectivity index (χ4n) is 2.84. The van der Waals surface area contributed by atoms with Gasteiger partial charge < -0.3 is 5.11 Å². The van der Waals surface area contributed by atoms with Gasteiger partial charge in [-0.15, -0.1) is 0 Å². The molecule has 1 N–H and O–H groups in total. The molecule has 0 heterocycles. The molecule has 0 radical (unpaired) electrons. The summed E-state index contributed by atoms with van der Waals surface area (Å²) >= 11 is 0. The second-order valence-corrected chi connectivity index (χ2v) is 4.92. The summed E-state index contributed by atoms with van der Waals surface area (Å²) in [4.78, 5) is 0. The van der Waals surface area contributed by atoms with Crippen LogP contribution in [0.15, 0.2) is 18.2 Å². The fourth-order valence-corrected chi connectivity index (χ4v) is 2.84. The van der Waals surface area contributed by atoms with Crippen LogP contribution in [0.4, 0.5) is 4.39 Å². The summed E-state index contributed by atoms with van der Waals surface area (Å²) in [5, 5.41) is 10.7. The molecule has 2 atom stereocenters. The second-order valence-electron chi connectivity index (χ2n) is 4.92. The zero-order valence-electron chi connectivity index (χ0n) is 9.96. The number of rotatable bonds is 3. The lowest BCUT2D eigenvalue weighted by molar-refractivity contribution is -0.0189. The largest absolute Gasteiger partial charge is 0.385 e. The molecular weight excluding hydrogens is 203 g/mol. The molecule has 0 aliphatic heterocycles. The molecule has 0 amide bonds. The van der Waals surface area contributed by atoms with Crippen molar-refractivity contribution in [3.8, 4) is 0 Å². The van der Waals surface area contributed by atoms with Crippen molar-refractivity contribution >= 4 is 0 Å². The van der Waals surface area contributed by atoms with Crippen LogP contribution in [0.5, 0.6) is 0 Å². The standard InChI is InChI=1S/C14H19FO/c1-3-4-10(2)14(16)8-7-11-9-12(15)5-6-13(11)14/h5-6,9-10,16H,3-4,7-8H2,1-2H3. The molecule has 0 saturated carbocycles. The van der Waals surface area contributed by atoms with E-state index in [2.05, 4.69) is 13.8 Å². The molecule has 1 aromatic rings. The topological polar surface area (TPSA) is 20.2 Å². The van der Waals surface area contributed by atoms with E-state index in [1.165, 1.54) is 6.07 Å². The normalized spacial score (nSPS) is 25.5. The molecule has 0 spiro atoms. The molecule has 16 heavy (non-hydrogen) atoms. The van der Waals surface area contributed by atoms with Crippen LogP contribution in [-0.2, 0) is 12.0 Å². The average molecular weight is 222 g/mol. The van der Waals surface area contributed by atoms with Crippen LogP contribution in [-0.4, -0.2) is 5.11 Å². The number of hydrogen-bond acceptors (Lipinski definition) is 1. The number of hydrogen-bond donors (Lipinski definition) is 1. The molecule has 1 aliphatic carbocycles. The van der Waals surface area contributed by atoms with Crippen molar-refractivity contribution in [2.24, 2.45) is 5.92 Å². The van der Waals surface area contributed by atoms with E-state index in [1.807, 2.05) is 0 Å². The van der Waals surface area contributed by atoms with E-state index in [9.17, 15) is 9.50 Å². The van der Waals surface area contributed by atoms with Crippen molar-refractivity contribution in [1.29, 1.82) is 0 Å². The fraction of sp³-hybridized carbons (Fsp3) is 0.571. The Kier molecular flexibility index (Phi) is 3.02. The van der Waals surface area contributed by atoms with E-state index >= 15 is 0 Å². The highest BCUT2D eigenvalue weighted by molar-refractivity contribution is 5.38. The molecule has 2 rings (SSSR count). The molecule has 0 aromatic heterocycles. The predicted molar refractivity (Wildman–Crippen MR) is 62.7 cm³/mol. The van der Waals surface area contributed by atoms with Gasteiger partial charge in [-0.2, -0.15) is 0 Å². The summed E-state index contributed by atoms with van der Waals surface area (Å²) in [6, 6.07) is 4.77. The number of halogens is 1. The smallest absolute Gasteiger partial charge is 0.123 e. The first-order chi connectivity index (χ1) is 7.58. The van der Waals surface area contributed by atoms with E-state index in [4.69, 9.17) is 0 Å². The third-order valence-corrected chi connectivity index (χ3v) is 3.85. The molecule has 0 saturated heterocycles. The minimum absolute atomic E-state index is 0.203. The maximum Gasteiger partial charge on any atom is 0.123 e. The van der Waals surface area contributed by atoms with Gasteiger partial charge >= 0.3 is 0 Å². The van der Waals surface area contributed by atoms with E-state index in [-0.39, 0.29) is 11.7 Å². The van der Waals surface area contributed by atoms with Crippen LogP contribution in [0.2, 0.25) is 0 Å². The maximum absolute atomic E-state index is 13.1. The Morgan fingerprint density at radius 2 is 2.25 bits per heavy atom. The Balaban J connectivity index is 2.34. The third-order valence-electron chi connectivity index (χ3n) is 3.85. The van der Waals surface area contributed by atoms with Crippen molar-refractivity contribution in [2.45, 2.75) is 45.1 Å². The van der Waals surface area contributed by atoms with E-state index in [0.29, 0.717) is 0 Å². The van der Waals surface area contributed by atoms with Gasteiger partial charge in [-0.05, 0) is 48.4 Å². The van der Waals surface area contributed by atoms with Gasteiger partial charge in [-0.25, -0.2) is 4.39 Å². The average Bonchev–Trinajstić information content (AvgIpc) is 2.58. The molecule has 1 aromatic carbocycles. The van der Waals surface area contributed by atoms with Crippen LogP contribution >= 0.6 is 0 Å². The molecule has 1 nitrogen and oxygen atoms in total. The number of fused-ring (bicyclic) bond motifs is 1. The summed E-state index contributed by atoms with van der Waals surface area (Å²) in [5.41, 5.74) is 1.18. The van der Waals surface area contributed by atoms with Crippen molar-refractivity contribution in [2.75, 3.05) is 0 Å². The lowest BCUT2D eigenvalue weighted by Gasteiger charge is -2.31. The Labute approximate surface area is 96.3 Å².